The van der Waals surface area contributed by atoms with E-state index in [2.05, 4.69) is 0 Å². The average molecular weight is 461 g/mol. The fourth-order valence-corrected chi connectivity index (χ4v) is 3.40. The monoisotopic (exact) mass is 460 g/mol. The molecular formula is C22H21ClN2O5S. The first-order valence-corrected chi connectivity index (χ1v) is 10.1. The zero-order valence-corrected chi connectivity index (χ0v) is 18.8. The lowest BCUT2D eigenvalue weighted by molar-refractivity contribution is -0.140. The molecule has 2 aromatic rings. The van der Waals surface area contributed by atoms with Crippen LogP contribution in [0, 0.1) is 0 Å². The molecule has 0 spiro atoms. The summed E-state index contributed by atoms with van der Waals surface area (Å²) in [6.07, 6.45) is 1.64. The number of amides is 1. The maximum absolute atomic E-state index is 12.6. The molecule has 1 aliphatic rings. The summed E-state index contributed by atoms with van der Waals surface area (Å²) in [6.45, 7) is 0.119. The Kier molecular flexibility index (Phi) is 7.14. The topological polar surface area (TPSA) is 68.3 Å². The Hall–Kier alpha value is -3.10. The fourth-order valence-electron chi connectivity index (χ4n) is 2.97. The van der Waals surface area contributed by atoms with Gasteiger partial charge in [0.2, 0.25) is 0 Å². The van der Waals surface area contributed by atoms with Gasteiger partial charge in [-0.2, -0.15) is 0 Å². The third-order valence-electron chi connectivity index (χ3n) is 4.68. The molecule has 0 aromatic heterocycles. The maximum Gasteiger partial charge on any atom is 0.325 e. The third-order valence-corrected chi connectivity index (χ3v) is 5.54. The van der Waals surface area contributed by atoms with Gasteiger partial charge in [-0.3, -0.25) is 14.5 Å². The van der Waals surface area contributed by atoms with Crippen LogP contribution in [-0.4, -0.2) is 54.6 Å². The van der Waals surface area contributed by atoms with E-state index in [1.807, 2.05) is 18.2 Å². The minimum Gasteiger partial charge on any atom is -0.493 e. The van der Waals surface area contributed by atoms with E-state index in [9.17, 15) is 9.59 Å². The molecule has 0 radical (unpaired) electrons. The van der Waals surface area contributed by atoms with Crippen molar-refractivity contribution in [2.75, 3.05) is 27.8 Å². The highest BCUT2D eigenvalue weighted by Crippen LogP contribution is 2.31. The second-order valence-electron chi connectivity index (χ2n) is 6.63. The molecule has 31 heavy (non-hydrogen) atoms. The van der Waals surface area contributed by atoms with Gasteiger partial charge in [-0.25, -0.2) is 0 Å². The molecule has 0 bridgehead atoms. The van der Waals surface area contributed by atoms with Crippen molar-refractivity contribution in [3.05, 3.63) is 64.3 Å². The van der Waals surface area contributed by atoms with Crippen LogP contribution in [0.4, 0.5) is 0 Å². The van der Waals surface area contributed by atoms with Crippen molar-refractivity contribution < 1.29 is 23.8 Å². The highest BCUT2D eigenvalue weighted by molar-refractivity contribution is 7.80. The molecule has 3 rings (SSSR count). The summed E-state index contributed by atoms with van der Waals surface area (Å²) in [5.74, 6) is 0.202. The van der Waals surface area contributed by atoms with E-state index in [0.717, 1.165) is 5.56 Å². The van der Waals surface area contributed by atoms with Crippen molar-refractivity contribution in [1.29, 1.82) is 0 Å². The number of hydrogen-bond donors (Lipinski definition) is 0. The molecule has 0 aliphatic carbocycles. The van der Waals surface area contributed by atoms with Crippen LogP contribution in [0.2, 0.25) is 5.02 Å². The van der Waals surface area contributed by atoms with Crippen LogP contribution >= 0.6 is 23.8 Å². The van der Waals surface area contributed by atoms with Crippen LogP contribution in [0.25, 0.3) is 6.08 Å². The number of nitrogens with zero attached hydrogens (tertiary/aromatic N) is 2. The predicted octanol–water partition coefficient (Wildman–Crippen LogP) is 3.50. The number of ether oxygens (including phenoxy) is 3. The Morgan fingerprint density at radius 1 is 1.16 bits per heavy atom. The van der Waals surface area contributed by atoms with E-state index >= 15 is 0 Å². The van der Waals surface area contributed by atoms with Crippen molar-refractivity contribution in [3.63, 3.8) is 0 Å². The number of methoxy groups -OCH3 is 2. The Morgan fingerprint density at radius 3 is 2.58 bits per heavy atom. The Balaban J connectivity index is 1.86. The van der Waals surface area contributed by atoms with Crippen molar-refractivity contribution in [3.8, 4) is 11.5 Å². The van der Waals surface area contributed by atoms with Gasteiger partial charge in [0, 0.05) is 17.6 Å². The standard InChI is InChI=1S/C22H21ClN2O5S/c1-24-21(27)17(25(22(24)31)12-20(26)29-3)10-14-8-9-18(19(11-14)28-2)30-13-15-6-4-5-7-16(15)23/h4-11H,12-13H2,1-3H3/b17-10+. The van der Waals surface area contributed by atoms with E-state index in [1.165, 1.54) is 24.0 Å². The Labute approximate surface area is 190 Å². The van der Waals surface area contributed by atoms with Gasteiger partial charge in [0.25, 0.3) is 5.91 Å². The lowest BCUT2D eigenvalue weighted by Crippen LogP contribution is -2.33. The summed E-state index contributed by atoms with van der Waals surface area (Å²) in [6, 6.07) is 12.7. The minimum absolute atomic E-state index is 0.159. The van der Waals surface area contributed by atoms with E-state index < -0.39 is 5.97 Å². The number of rotatable bonds is 7. The number of benzene rings is 2. The molecule has 1 heterocycles. The number of hydrogen-bond acceptors (Lipinski definition) is 6. The Morgan fingerprint density at radius 2 is 1.90 bits per heavy atom. The van der Waals surface area contributed by atoms with E-state index in [-0.39, 0.29) is 29.9 Å². The lowest BCUT2D eigenvalue weighted by Gasteiger charge is -2.17. The van der Waals surface area contributed by atoms with Crippen molar-refractivity contribution in [2.24, 2.45) is 0 Å². The summed E-state index contributed by atoms with van der Waals surface area (Å²) in [5.41, 5.74) is 1.80. The quantitative estimate of drug-likeness (QED) is 0.356. The third kappa shape index (κ3) is 4.98. The molecule has 7 nitrogen and oxygen atoms in total. The first-order valence-electron chi connectivity index (χ1n) is 9.28. The zero-order chi connectivity index (χ0) is 22.5. The highest BCUT2D eigenvalue weighted by atomic mass is 35.5. The van der Waals surface area contributed by atoms with Crippen LogP contribution in [0.1, 0.15) is 11.1 Å². The lowest BCUT2D eigenvalue weighted by atomic mass is 10.1. The molecule has 1 saturated heterocycles. The van der Waals surface area contributed by atoms with Crippen LogP contribution in [0.15, 0.2) is 48.2 Å². The number of esters is 1. The normalized spacial score (nSPS) is 14.9. The first-order chi connectivity index (χ1) is 14.8. The van der Waals surface area contributed by atoms with Gasteiger partial charge in [0.05, 0.1) is 14.2 Å². The molecule has 162 valence electrons. The average Bonchev–Trinajstić information content (AvgIpc) is 2.97. The van der Waals surface area contributed by atoms with Gasteiger partial charge in [0.1, 0.15) is 18.8 Å². The van der Waals surface area contributed by atoms with Crippen LogP contribution in [-0.2, 0) is 20.9 Å². The first kappa shape index (κ1) is 22.6. The van der Waals surface area contributed by atoms with E-state index in [4.69, 9.17) is 38.0 Å². The molecule has 2 aromatic carbocycles. The molecule has 1 amide bonds. The van der Waals surface area contributed by atoms with Crippen LogP contribution in [0.5, 0.6) is 11.5 Å². The van der Waals surface area contributed by atoms with Gasteiger partial charge in [-0.1, -0.05) is 35.9 Å². The molecule has 1 fully saturated rings. The molecule has 9 heteroatoms. The van der Waals surface area contributed by atoms with Gasteiger partial charge < -0.3 is 19.1 Å². The SMILES string of the molecule is COC(=O)CN1C(=S)N(C)C(=O)/C1=C\c1ccc(OCc2ccccc2Cl)c(OC)c1. The summed E-state index contributed by atoms with van der Waals surface area (Å²) in [5, 5.41) is 0.849. The molecular weight excluding hydrogens is 440 g/mol. The zero-order valence-electron chi connectivity index (χ0n) is 17.3. The molecule has 0 saturated carbocycles. The number of halogens is 1. The summed E-state index contributed by atoms with van der Waals surface area (Å²) >= 11 is 11.5. The minimum atomic E-state index is -0.503. The van der Waals surface area contributed by atoms with Crippen LogP contribution in [0.3, 0.4) is 0 Å². The number of likely N-dealkylation sites (N-methyl/N-ethyl adjacent to an activating group) is 1. The van der Waals surface area contributed by atoms with Crippen molar-refractivity contribution in [1.82, 2.24) is 9.80 Å². The molecule has 1 aliphatic heterocycles. The molecule has 0 unspecified atom stereocenters. The van der Waals surface area contributed by atoms with Gasteiger partial charge in [0.15, 0.2) is 16.6 Å². The number of thiocarbonyl (C=S) groups is 1. The smallest absolute Gasteiger partial charge is 0.325 e. The summed E-state index contributed by atoms with van der Waals surface area (Å²) in [7, 11) is 4.37. The second kappa shape index (κ2) is 9.80. The fraction of sp³-hybridized carbons (Fsp3) is 0.227. The van der Waals surface area contributed by atoms with Gasteiger partial charge in [-0.15, -0.1) is 0 Å². The van der Waals surface area contributed by atoms with Crippen molar-refractivity contribution >= 4 is 46.9 Å². The van der Waals surface area contributed by atoms with Crippen LogP contribution < -0.4 is 9.47 Å². The summed E-state index contributed by atoms with van der Waals surface area (Å²) in [4.78, 5) is 27.1. The maximum atomic E-state index is 12.6. The predicted molar refractivity (Wildman–Crippen MR) is 121 cm³/mol. The number of carbonyl (C=O) groups excluding carboxylic acids is 2. The Bertz CT molecular complexity index is 1060. The van der Waals surface area contributed by atoms with E-state index in [1.54, 1.807) is 37.4 Å². The van der Waals surface area contributed by atoms with Gasteiger partial charge >= 0.3 is 5.97 Å². The van der Waals surface area contributed by atoms with Crippen molar-refractivity contribution in [2.45, 2.75) is 6.61 Å². The second-order valence-corrected chi connectivity index (χ2v) is 7.40. The number of carbonyl (C=O) groups is 2. The highest BCUT2D eigenvalue weighted by Gasteiger charge is 2.36. The molecule has 0 N–H and O–H groups in total. The largest absolute Gasteiger partial charge is 0.493 e. The summed E-state index contributed by atoms with van der Waals surface area (Å²) < 4.78 is 16.0. The van der Waals surface area contributed by atoms with Gasteiger partial charge in [-0.05, 0) is 42.1 Å². The van der Waals surface area contributed by atoms with E-state index in [0.29, 0.717) is 22.1 Å². The molecule has 0 atom stereocenters.